The smallest absolute Gasteiger partial charge is 0.251 e. The molecule has 3 N–H and O–H groups in total. The van der Waals surface area contributed by atoms with Crippen LogP contribution < -0.4 is 10.6 Å². The van der Waals surface area contributed by atoms with Gasteiger partial charge in [0.2, 0.25) is 0 Å². The fraction of sp³-hybridized carbons (Fsp3) is 0.263. The number of hydrogen-bond acceptors (Lipinski definition) is 4. The fourth-order valence-corrected chi connectivity index (χ4v) is 2.60. The predicted molar refractivity (Wildman–Crippen MR) is 101 cm³/mol. The van der Waals surface area contributed by atoms with Crippen LogP contribution in [-0.4, -0.2) is 48.0 Å². The Bertz CT molecular complexity index is 838. The number of hydrogen-bond donors (Lipinski definition) is 3. The number of nitrogens with zero attached hydrogens (tertiary/aromatic N) is 2. The number of likely N-dealkylation sites (N-methyl/N-ethyl adjacent to an activating group) is 1. The Hall–Kier alpha value is -2.86. The number of anilines is 1. The van der Waals surface area contributed by atoms with Crippen LogP contribution in [-0.2, 0) is 6.54 Å². The second-order valence-corrected chi connectivity index (χ2v) is 6.20. The normalized spacial score (nSPS) is 11.0. The Kier molecular flexibility index (Phi) is 5.30. The van der Waals surface area contributed by atoms with E-state index in [-0.39, 0.29) is 5.91 Å². The summed E-state index contributed by atoms with van der Waals surface area (Å²) in [7, 11) is 3.97. The first kappa shape index (κ1) is 17.0. The highest BCUT2D eigenvalue weighted by atomic mass is 16.1. The second kappa shape index (κ2) is 7.81. The SMILES string of the molecule is CN(C)CCNC(=O)c1ccc(NCc2ccnc3[nH]ccc23)cc1. The van der Waals surface area contributed by atoms with Crippen LogP contribution in [0.4, 0.5) is 5.69 Å². The number of benzene rings is 1. The largest absolute Gasteiger partial charge is 0.381 e. The minimum atomic E-state index is -0.0448. The maximum atomic E-state index is 12.1. The highest BCUT2D eigenvalue weighted by Crippen LogP contribution is 2.17. The molecular weight excluding hydrogens is 314 g/mol. The summed E-state index contributed by atoms with van der Waals surface area (Å²) in [4.78, 5) is 21.5. The number of carbonyl (C=O) groups is 1. The molecule has 3 rings (SSSR count). The van der Waals surface area contributed by atoms with E-state index in [4.69, 9.17) is 0 Å². The van der Waals surface area contributed by atoms with Gasteiger partial charge >= 0.3 is 0 Å². The van der Waals surface area contributed by atoms with Crippen molar-refractivity contribution in [2.24, 2.45) is 0 Å². The summed E-state index contributed by atoms with van der Waals surface area (Å²) in [6.45, 7) is 2.16. The van der Waals surface area contributed by atoms with Gasteiger partial charge in [0.25, 0.3) is 5.91 Å². The molecule has 2 aromatic heterocycles. The van der Waals surface area contributed by atoms with Crippen molar-refractivity contribution in [3.63, 3.8) is 0 Å². The maximum absolute atomic E-state index is 12.1. The molecule has 0 saturated heterocycles. The third kappa shape index (κ3) is 4.36. The topological polar surface area (TPSA) is 73.1 Å². The molecule has 130 valence electrons. The Balaban J connectivity index is 1.57. The van der Waals surface area contributed by atoms with E-state index < -0.39 is 0 Å². The summed E-state index contributed by atoms with van der Waals surface area (Å²) < 4.78 is 0. The highest BCUT2D eigenvalue weighted by Gasteiger charge is 2.06. The van der Waals surface area contributed by atoms with Gasteiger partial charge in [0.1, 0.15) is 5.65 Å². The molecule has 0 spiro atoms. The standard InChI is InChI=1S/C19H23N5O/c1-24(2)12-11-22-19(25)14-3-5-16(6-4-14)23-13-15-7-9-20-18-17(15)8-10-21-18/h3-10,23H,11-13H2,1-2H3,(H,20,21)(H,22,25). The minimum Gasteiger partial charge on any atom is -0.381 e. The Morgan fingerprint density at radius 1 is 1.16 bits per heavy atom. The van der Waals surface area contributed by atoms with Crippen molar-refractivity contribution in [1.29, 1.82) is 0 Å². The molecule has 0 saturated carbocycles. The molecule has 0 bridgehead atoms. The summed E-state index contributed by atoms with van der Waals surface area (Å²) in [5, 5.41) is 7.42. The van der Waals surface area contributed by atoms with E-state index in [0.717, 1.165) is 23.3 Å². The fourth-order valence-electron chi connectivity index (χ4n) is 2.60. The zero-order valence-electron chi connectivity index (χ0n) is 14.5. The summed E-state index contributed by atoms with van der Waals surface area (Å²) in [6, 6.07) is 11.6. The number of rotatable bonds is 7. The molecule has 0 fully saturated rings. The minimum absolute atomic E-state index is 0.0448. The van der Waals surface area contributed by atoms with Gasteiger partial charge in [0.05, 0.1) is 0 Å². The van der Waals surface area contributed by atoms with Crippen LogP contribution in [0.25, 0.3) is 11.0 Å². The number of nitrogens with one attached hydrogen (secondary N) is 3. The predicted octanol–water partition coefficient (Wildman–Crippen LogP) is 2.47. The van der Waals surface area contributed by atoms with Gasteiger partial charge in [-0.25, -0.2) is 4.98 Å². The van der Waals surface area contributed by atoms with E-state index in [9.17, 15) is 4.79 Å². The molecular formula is C19H23N5O. The van der Waals surface area contributed by atoms with Crippen LogP contribution in [0, 0.1) is 0 Å². The maximum Gasteiger partial charge on any atom is 0.251 e. The second-order valence-electron chi connectivity index (χ2n) is 6.20. The van der Waals surface area contributed by atoms with Gasteiger partial charge in [0, 0.05) is 48.7 Å². The van der Waals surface area contributed by atoms with Crippen LogP contribution in [0.5, 0.6) is 0 Å². The molecule has 6 nitrogen and oxygen atoms in total. The Morgan fingerprint density at radius 3 is 2.72 bits per heavy atom. The highest BCUT2D eigenvalue weighted by molar-refractivity contribution is 5.94. The molecule has 0 unspecified atom stereocenters. The van der Waals surface area contributed by atoms with Crippen molar-refractivity contribution < 1.29 is 4.79 Å². The van der Waals surface area contributed by atoms with Crippen LogP contribution in [0.15, 0.2) is 48.8 Å². The van der Waals surface area contributed by atoms with E-state index >= 15 is 0 Å². The van der Waals surface area contributed by atoms with E-state index in [1.54, 1.807) is 6.20 Å². The number of fused-ring (bicyclic) bond motifs is 1. The molecule has 0 aliphatic carbocycles. The van der Waals surface area contributed by atoms with Crippen molar-refractivity contribution in [3.05, 3.63) is 59.9 Å². The zero-order chi connectivity index (χ0) is 17.6. The summed E-state index contributed by atoms with van der Waals surface area (Å²) >= 11 is 0. The molecule has 0 aliphatic rings. The number of aromatic amines is 1. The lowest BCUT2D eigenvalue weighted by Crippen LogP contribution is -2.31. The molecule has 6 heteroatoms. The average molecular weight is 337 g/mol. The van der Waals surface area contributed by atoms with Gasteiger partial charge in [-0.1, -0.05) is 0 Å². The van der Waals surface area contributed by atoms with Gasteiger partial charge in [-0.15, -0.1) is 0 Å². The van der Waals surface area contributed by atoms with E-state index in [1.165, 1.54) is 5.56 Å². The molecule has 25 heavy (non-hydrogen) atoms. The van der Waals surface area contributed by atoms with Crippen molar-refractivity contribution in [2.45, 2.75) is 6.54 Å². The summed E-state index contributed by atoms with van der Waals surface area (Å²) in [6.07, 6.45) is 3.70. The lowest BCUT2D eigenvalue weighted by molar-refractivity contribution is 0.0951. The number of aromatic nitrogens is 2. The molecule has 3 aromatic rings. The lowest BCUT2D eigenvalue weighted by atomic mass is 10.1. The van der Waals surface area contributed by atoms with Gasteiger partial charge in [0.15, 0.2) is 0 Å². The number of pyridine rings is 1. The molecule has 0 aliphatic heterocycles. The summed E-state index contributed by atoms with van der Waals surface area (Å²) in [5.41, 5.74) is 3.72. The molecule has 0 radical (unpaired) electrons. The monoisotopic (exact) mass is 337 g/mol. The van der Waals surface area contributed by atoms with Crippen molar-refractivity contribution in [3.8, 4) is 0 Å². The van der Waals surface area contributed by atoms with E-state index in [2.05, 4.69) is 20.6 Å². The van der Waals surface area contributed by atoms with Crippen LogP contribution in [0.1, 0.15) is 15.9 Å². The van der Waals surface area contributed by atoms with Gasteiger partial charge in [-0.05, 0) is 56.1 Å². The van der Waals surface area contributed by atoms with E-state index in [0.29, 0.717) is 18.7 Å². The Labute approximate surface area is 147 Å². The first-order chi connectivity index (χ1) is 12.1. The molecule has 0 atom stereocenters. The number of amides is 1. The number of carbonyl (C=O) groups excluding carboxylic acids is 1. The third-order valence-electron chi connectivity index (χ3n) is 4.03. The van der Waals surface area contributed by atoms with Crippen LogP contribution in [0.2, 0.25) is 0 Å². The van der Waals surface area contributed by atoms with Gasteiger partial charge in [-0.2, -0.15) is 0 Å². The quantitative estimate of drug-likeness (QED) is 0.619. The number of H-pyrrole nitrogens is 1. The van der Waals surface area contributed by atoms with Crippen LogP contribution in [0.3, 0.4) is 0 Å². The van der Waals surface area contributed by atoms with Crippen molar-refractivity contribution in [1.82, 2.24) is 20.2 Å². The molecule has 2 heterocycles. The Morgan fingerprint density at radius 2 is 1.96 bits per heavy atom. The van der Waals surface area contributed by atoms with Crippen molar-refractivity contribution in [2.75, 3.05) is 32.5 Å². The van der Waals surface area contributed by atoms with Crippen molar-refractivity contribution >= 4 is 22.6 Å². The van der Waals surface area contributed by atoms with Crippen LogP contribution >= 0.6 is 0 Å². The average Bonchev–Trinajstić information content (AvgIpc) is 3.09. The first-order valence-corrected chi connectivity index (χ1v) is 8.31. The summed E-state index contributed by atoms with van der Waals surface area (Å²) in [5.74, 6) is -0.0448. The van der Waals surface area contributed by atoms with Gasteiger partial charge in [-0.3, -0.25) is 4.79 Å². The first-order valence-electron chi connectivity index (χ1n) is 8.31. The van der Waals surface area contributed by atoms with E-state index in [1.807, 2.05) is 61.6 Å². The van der Waals surface area contributed by atoms with Gasteiger partial charge < -0.3 is 20.5 Å². The molecule has 1 aromatic carbocycles. The third-order valence-corrected chi connectivity index (χ3v) is 4.03. The lowest BCUT2D eigenvalue weighted by Gasteiger charge is -2.11. The zero-order valence-corrected chi connectivity index (χ0v) is 14.5. The molecule has 1 amide bonds.